The molecule has 0 radical (unpaired) electrons. The lowest BCUT2D eigenvalue weighted by atomic mass is 9.92. The third-order valence-corrected chi connectivity index (χ3v) is 4.70. The predicted octanol–water partition coefficient (Wildman–Crippen LogP) is 3.13. The molecule has 1 heterocycles. The maximum atomic E-state index is 12.9. The summed E-state index contributed by atoms with van der Waals surface area (Å²) in [4.78, 5) is 38.8. The third-order valence-electron chi connectivity index (χ3n) is 4.45. The summed E-state index contributed by atoms with van der Waals surface area (Å²) in [5.41, 5.74) is -0.0112. The maximum Gasteiger partial charge on any atom is 0.326 e. The van der Waals surface area contributed by atoms with E-state index in [1.165, 1.54) is 6.92 Å². The maximum absolute atomic E-state index is 12.9. The number of carbonyl (C=O) groups is 3. The molecule has 0 spiro atoms. The van der Waals surface area contributed by atoms with Crippen LogP contribution in [-0.4, -0.2) is 28.8 Å². The highest BCUT2D eigenvalue weighted by atomic mass is 35.5. The van der Waals surface area contributed by atoms with Crippen LogP contribution in [0.4, 0.5) is 10.5 Å². The molecule has 0 bridgehead atoms. The highest BCUT2D eigenvalue weighted by molar-refractivity contribution is 6.30. The van der Waals surface area contributed by atoms with Gasteiger partial charge in [-0.2, -0.15) is 0 Å². The van der Waals surface area contributed by atoms with Crippen LogP contribution in [0.2, 0.25) is 5.02 Å². The number of anilines is 1. The highest BCUT2D eigenvalue weighted by Gasteiger charge is 2.51. The molecule has 1 aliphatic heterocycles. The first kappa shape index (κ1) is 17.9. The molecule has 0 aliphatic carbocycles. The van der Waals surface area contributed by atoms with Gasteiger partial charge in [0.05, 0.1) is 0 Å². The molecule has 26 heavy (non-hydrogen) atoms. The molecule has 0 saturated carbocycles. The van der Waals surface area contributed by atoms with E-state index in [1.54, 1.807) is 55.5 Å². The number of hydrogen-bond acceptors (Lipinski definition) is 3. The second kappa shape index (κ2) is 6.80. The SMILES string of the molecule is C[C@@H](C(=O)Nc1ccc(Cl)cc1)N1C(=O)N[C@@](C)(c2ccccc2)C1=O. The number of amides is 4. The molecule has 1 fully saturated rings. The molecule has 134 valence electrons. The topological polar surface area (TPSA) is 78.5 Å². The van der Waals surface area contributed by atoms with Gasteiger partial charge >= 0.3 is 6.03 Å². The van der Waals surface area contributed by atoms with Crippen molar-refractivity contribution in [3.05, 3.63) is 65.2 Å². The monoisotopic (exact) mass is 371 g/mol. The first-order chi connectivity index (χ1) is 12.3. The summed E-state index contributed by atoms with van der Waals surface area (Å²) in [6.07, 6.45) is 0. The van der Waals surface area contributed by atoms with Crippen LogP contribution in [0.15, 0.2) is 54.6 Å². The number of hydrogen-bond donors (Lipinski definition) is 2. The van der Waals surface area contributed by atoms with E-state index in [0.717, 1.165) is 4.90 Å². The van der Waals surface area contributed by atoms with Gasteiger partial charge in [-0.3, -0.25) is 9.59 Å². The minimum atomic E-state index is -1.20. The zero-order valence-corrected chi connectivity index (χ0v) is 15.1. The highest BCUT2D eigenvalue weighted by Crippen LogP contribution is 2.30. The van der Waals surface area contributed by atoms with Crippen LogP contribution in [0.5, 0.6) is 0 Å². The van der Waals surface area contributed by atoms with Crippen LogP contribution < -0.4 is 10.6 Å². The second-order valence-electron chi connectivity index (χ2n) is 6.27. The molecule has 0 aromatic heterocycles. The number of nitrogens with zero attached hydrogens (tertiary/aromatic N) is 1. The van der Waals surface area contributed by atoms with Gasteiger partial charge in [0.25, 0.3) is 5.91 Å². The summed E-state index contributed by atoms with van der Waals surface area (Å²) in [5.74, 6) is -0.930. The summed E-state index contributed by atoms with van der Waals surface area (Å²) in [7, 11) is 0. The van der Waals surface area contributed by atoms with E-state index < -0.39 is 29.4 Å². The van der Waals surface area contributed by atoms with Gasteiger partial charge in [0.1, 0.15) is 11.6 Å². The van der Waals surface area contributed by atoms with Crippen LogP contribution in [0.25, 0.3) is 0 Å². The average molecular weight is 372 g/mol. The number of imide groups is 1. The predicted molar refractivity (Wildman–Crippen MR) is 98.7 cm³/mol. The Morgan fingerprint density at radius 1 is 1.12 bits per heavy atom. The molecule has 1 aliphatic rings. The summed E-state index contributed by atoms with van der Waals surface area (Å²) in [6, 6.07) is 13.9. The number of benzene rings is 2. The molecule has 3 rings (SSSR count). The van der Waals surface area contributed by atoms with Crippen molar-refractivity contribution >= 4 is 35.1 Å². The number of halogens is 1. The Morgan fingerprint density at radius 3 is 2.35 bits per heavy atom. The molecular weight excluding hydrogens is 354 g/mol. The number of urea groups is 1. The lowest BCUT2D eigenvalue weighted by Crippen LogP contribution is -2.47. The standard InChI is InChI=1S/C19H18ClN3O3/c1-12(16(24)21-15-10-8-14(20)9-11-15)23-17(25)19(2,22-18(23)26)13-6-4-3-5-7-13/h3-12H,1-2H3,(H,21,24)(H,22,26)/t12-,19-/m0/s1. The van der Waals surface area contributed by atoms with Crippen molar-refractivity contribution in [2.45, 2.75) is 25.4 Å². The molecule has 0 unspecified atom stereocenters. The van der Waals surface area contributed by atoms with Crippen molar-refractivity contribution in [2.75, 3.05) is 5.32 Å². The minimum absolute atomic E-state index is 0.465. The molecule has 6 nitrogen and oxygen atoms in total. The van der Waals surface area contributed by atoms with E-state index in [0.29, 0.717) is 16.3 Å². The summed E-state index contributed by atoms with van der Waals surface area (Å²) < 4.78 is 0. The van der Waals surface area contributed by atoms with E-state index in [1.807, 2.05) is 6.07 Å². The first-order valence-corrected chi connectivity index (χ1v) is 8.48. The number of carbonyl (C=O) groups excluding carboxylic acids is 3. The zero-order chi connectivity index (χ0) is 18.9. The minimum Gasteiger partial charge on any atom is -0.324 e. The van der Waals surface area contributed by atoms with Crippen LogP contribution in [0.3, 0.4) is 0 Å². The lowest BCUT2D eigenvalue weighted by Gasteiger charge is -2.24. The van der Waals surface area contributed by atoms with Crippen molar-refractivity contribution < 1.29 is 14.4 Å². The largest absolute Gasteiger partial charge is 0.326 e. The third kappa shape index (κ3) is 3.15. The fraction of sp³-hybridized carbons (Fsp3) is 0.211. The molecular formula is C19H18ClN3O3. The Balaban J connectivity index is 1.80. The van der Waals surface area contributed by atoms with Crippen LogP contribution in [0, 0.1) is 0 Å². The van der Waals surface area contributed by atoms with E-state index in [4.69, 9.17) is 11.6 Å². The van der Waals surface area contributed by atoms with Gasteiger partial charge in [-0.05, 0) is 43.7 Å². The van der Waals surface area contributed by atoms with Crippen molar-refractivity contribution in [3.63, 3.8) is 0 Å². The lowest BCUT2D eigenvalue weighted by molar-refractivity contribution is -0.136. The number of nitrogens with one attached hydrogen (secondary N) is 2. The first-order valence-electron chi connectivity index (χ1n) is 8.10. The molecule has 1 saturated heterocycles. The fourth-order valence-electron chi connectivity index (χ4n) is 2.88. The Hall–Kier alpha value is -2.86. The van der Waals surface area contributed by atoms with Crippen molar-refractivity contribution in [1.29, 1.82) is 0 Å². The fourth-order valence-corrected chi connectivity index (χ4v) is 3.00. The van der Waals surface area contributed by atoms with E-state index >= 15 is 0 Å². The van der Waals surface area contributed by atoms with E-state index in [9.17, 15) is 14.4 Å². The van der Waals surface area contributed by atoms with Crippen molar-refractivity contribution in [1.82, 2.24) is 10.2 Å². The smallest absolute Gasteiger partial charge is 0.324 e. The van der Waals surface area contributed by atoms with E-state index in [2.05, 4.69) is 10.6 Å². The van der Waals surface area contributed by atoms with Gasteiger partial charge in [0.2, 0.25) is 5.91 Å². The van der Waals surface area contributed by atoms with Crippen molar-refractivity contribution in [3.8, 4) is 0 Å². The summed E-state index contributed by atoms with van der Waals surface area (Å²) in [5, 5.41) is 5.92. The van der Waals surface area contributed by atoms with Crippen LogP contribution in [0.1, 0.15) is 19.4 Å². The second-order valence-corrected chi connectivity index (χ2v) is 6.70. The molecule has 7 heteroatoms. The van der Waals surface area contributed by atoms with Gasteiger partial charge in [0, 0.05) is 10.7 Å². The molecule has 2 atom stereocenters. The molecule has 2 N–H and O–H groups in total. The summed E-state index contributed by atoms with van der Waals surface area (Å²) >= 11 is 5.82. The van der Waals surface area contributed by atoms with Gasteiger partial charge < -0.3 is 10.6 Å². The van der Waals surface area contributed by atoms with E-state index in [-0.39, 0.29) is 0 Å². The summed E-state index contributed by atoms with van der Waals surface area (Å²) in [6.45, 7) is 3.14. The molecule has 2 aromatic rings. The average Bonchev–Trinajstić information content (AvgIpc) is 2.87. The molecule has 2 aromatic carbocycles. The molecule has 4 amide bonds. The zero-order valence-electron chi connectivity index (χ0n) is 14.3. The Bertz CT molecular complexity index is 854. The van der Waals surface area contributed by atoms with Crippen LogP contribution in [-0.2, 0) is 15.1 Å². The number of rotatable bonds is 4. The van der Waals surface area contributed by atoms with Crippen LogP contribution >= 0.6 is 11.6 Å². The Labute approximate surface area is 156 Å². The van der Waals surface area contributed by atoms with Gasteiger partial charge in [-0.15, -0.1) is 0 Å². The van der Waals surface area contributed by atoms with Gasteiger partial charge in [-0.1, -0.05) is 41.9 Å². The Morgan fingerprint density at radius 2 is 1.73 bits per heavy atom. The Kier molecular flexibility index (Phi) is 4.70. The normalized spacial score (nSPS) is 20.7. The van der Waals surface area contributed by atoms with Crippen molar-refractivity contribution in [2.24, 2.45) is 0 Å². The van der Waals surface area contributed by atoms with Gasteiger partial charge in [-0.25, -0.2) is 9.69 Å². The van der Waals surface area contributed by atoms with Gasteiger partial charge in [0.15, 0.2) is 0 Å². The quantitative estimate of drug-likeness (QED) is 0.810.